The fraction of sp³-hybridized carbons (Fsp3) is 0.750. The number of rotatable bonds is 4. The predicted octanol–water partition coefficient (Wildman–Crippen LogP) is 2.15. The lowest BCUT2D eigenvalue weighted by Crippen LogP contribution is -2.36. The van der Waals surface area contributed by atoms with Gasteiger partial charge in [0, 0.05) is 25.0 Å². The van der Waals surface area contributed by atoms with Crippen LogP contribution >= 0.6 is 0 Å². The van der Waals surface area contributed by atoms with Crippen molar-refractivity contribution < 1.29 is 0 Å². The Balaban J connectivity index is 1.68. The molecule has 1 aliphatic rings. The van der Waals surface area contributed by atoms with Gasteiger partial charge in [0.2, 0.25) is 0 Å². The second-order valence-corrected chi connectivity index (χ2v) is 4.57. The molecule has 2 rings (SSSR count). The summed E-state index contributed by atoms with van der Waals surface area (Å²) in [5, 5.41) is 0. The Kier molecular flexibility index (Phi) is 3.78. The number of aromatic nitrogens is 2. The summed E-state index contributed by atoms with van der Waals surface area (Å²) in [5.41, 5.74) is 0. The van der Waals surface area contributed by atoms with Crippen molar-refractivity contribution in [2.45, 2.75) is 44.7 Å². The number of imidazole rings is 1. The fourth-order valence-electron chi connectivity index (χ4n) is 2.44. The Hall–Kier alpha value is -0.830. The first-order valence-corrected chi connectivity index (χ1v) is 6.02. The molecule has 0 N–H and O–H groups in total. The highest BCUT2D eigenvalue weighted by Crippen LogP contribution is 2.19. The van der Waals surface area contributed by atoms with Gasteiger partial charge < -0.3 is 9.47 Å². The van der Waals surface area contributed by atoms with Crippen LogP contribution in [0, 0.1) is 0 Å². The van der Waals surface area contributed by atoms with E-state index in [9.17, 15) is 0 Å². The summed E-state index contributed by atoms with van der Waals surface area (Å²) >= 11 is 0. The van der Waals surface area contributed by atoms with E-state index in [4.69, 9.17) is 0 Å². The third kappa shape index (κ3) is 3.06. The number of aryl methyl sites for hydroxylation is 1. The first-order chi connectivity index (χ1) is 7.36. The van der Waals surface area contributed by atoms with Crippen molar-refractivity contribution in [3.63, 3.8) is 0 Å². The molecule has 2 heterocycles. The summed E-state index contributed by atoms with van der Waals surface area (Å²) in [5.74, 6) is 0. The van der Waals surface area contributed by atoms with Gasteiger partial charge in [0.05, 0.1) is 6.33 Å². The van der Waals surface area contributed by atoms with Crippen molar-refractivity contribution in [3.8, 4) is 0 Å². The molecule has 0 bridgehead atoms. The number of hydrogen-bond acceptors (Lipinski definition) is 2. The van der Waals surface area contributed by atoms with Crippen LogP contribution in [0.2, 0.25) is 0 Å². The second kappa shape index (κ2) is 5.31. The van der Waals surface area contributed by atoms with E-state index in [1.54, 1.807) is 0 Å². The second-order valence-electron chi connectivity index (χ2n) is 4.57. The van der Waals surface area contributed by atoms with Crippen molar-refractivity contribution in [2.24, 2.45) is 0 Å². The third-order valence-corrected chi connectivity index (χ3v) is 3.43. The van der Waals surface area contributed by atoms with Crippen LogP contribution in [0.25, 0.3) is 0 Å². The van der Waals surface area contributed by atoms with E-state index in [1.807, 2.05) is 18.7 Å². The minimum Gasteiger partial charge on any atom is -0.337 e. The molecule has 3 heteroatoms. The van der Waals surface area contributed by atoms with Crippen molar-refractivity contribution in [1.29, 1.82) is 0 Å². The van der Waals surface area contributed by atoms with Gasteiger partial charge in [-0.2, -0.15) is 0 Å². The number of likely N-dealkylation sites (tertiary alicyclic amines) is 1. The first kappa shape index (κ1) is 10.7. The van der Waals surface area contributed by atoms with Gasteiger partial charge in [0.25, 0.3) is 0 Å². The SMILES string of the molecule is CN1CCCCC1CCCn1ccnc1. The Labute approximate surface area is 92.1 Å². The monoisotopic (exact) mass is 207 g/mol. The van der Waals surface area contributed by atoms with Crippen LogP contribution in [-0.4, -0.2) is 34.1 Å². The molecule has 0 amide bonds. The maximum absolute atomic E-state index is 4.06. The van der Waals surface area contributed by atoms with E-state index >= 15 is 0 Å². The molecule has 1 aromatic rings. The zero-order chi connectivity index (χ0) is 10.5. The average Bonchev–Trinajstić information content (AvgIpc) is 2.74. The predicted molar refractivity (Wildman–Crippen MR) is 61.7 cm³/mol. The van der Waals surface area contributed by atoms with Gasteiger partial charge in [-0.1, -0.05) is 6.42 Å². The summed E-state index contributed by atoms with van der Waals surface area (Å²) in [6.07, 6.45) is 12.6. The van der Waals surface area contributed by atoms with Crippen LogP contribution in [0.3, 0.4) is 0 Å². The van der Waals surface area contributed by atoms with Gasteiger partial charge >= 0.3 is 0 Å². The van der Waals surface area contributed by atoms with Crippen molar-refractivity contribution in [2.75, 3.05) is 13.6 Å². The fourth-order valence-corrected chi connectivity index (χ4v) is 2.44. The molecule has 1 saturated heterocycles. The molecule has 1 fully saturated rings. The largest absolute Gasteiger partial charge is 0.337 e. The van der Waals surface area contributed by atoms with E-state index in [2.05, 4.69) is 21.5 Å². The summed E-state index contributed by atoms with van der Waals surface area (Å²) in [4.78, 5) is 6.58. The molecule has 84 valence electrons. The molecule has 0 spiro atoms. The minimum absolute atomic E-state index is 0.822. The zero-order valence-corrected chi connectivity index (χ0v) is 9.60. The average molecular weight is 207 g/mol. The molecule has 0 saturated carbocycles. The topological polar surface area (TPSA) is 21.1 Å². The van der Waals surface area contributed by atoms with Gasteiger partial charge in [-0.15, -0.1) is 0 Å². The molecular weight excluding hydrogens is 186 g/mol. The molecular formula is C12H21N3. The summed E-state index contributed by atoms with van der Waals surface area (Å²) < 4.78 is 2.17. The molecule has 3 nitrogen and oxygen atoms in total. The van der Waals surface area contributed by atoms with E-state index in [1.165, 1.54) is 38.6 Å². The van der Waals surface area contributed by atoms with Crippen LogP contribution in [0.5, 0.6) is 0 Å². The number of nitrogens with zero attached hydrogens (tertiary/aromatic N) is 3. The molecule has 1 aliphatic heterocycles. The highest BCUT2D eigenvalue weighted by atomic mass is 15.1. The molecule has 0 aromatic carbocycles. The zero-order valence-electron chi connectivity index (χ0n) is 9.60. The lowest BCUT2D eigenvalue weighted by molar-refractivity contribution is 0.172. The Morgan fingerprint density at radius 3 is 3.07 bits per heavy atom. The first-order valence-electron chi connectivity index (χ1n) is 6.02. The van der Waals surface area contributed by atoms with Gasteiger partial charge in [-0.25, -0.2) is 4.98 Å². The third-order valence-electron chi connectivity index (χ3n) is 3.43. The van der Waals surface area contributed by atoms with E-state index in [0.29, 0.717) is 0 Å². The van der Waals surface area contributed by atoms with Crippen LogP contribution in [0.1, 0.15) is 32.1 Å². The van der Waals surface area contributed by atoms with Crippen molar-refractivity contribution in [3.05, 3.63) is 18.7 Å². The summed E-state index contributed by atoms with van der Waals surface area (Å²) in [6.45, 7) is 2.40. The van der Waals surface area contributed by atoms with Crippen molar-refractivity contribution in [1.82, 2.24) is 14.5 Å². The normalized spacial score (nSPS) is 23.1. The quantitative estimate of drug-likeness (QED) is 0.754. The van der Waals surface area contributed by atoms with Crippen LogP contribution in [0.4, 0.5) is 0 Å². The van der Waals surface area contributed by atoms with Crippen LogP contribution in [-0.2, 0) is 6.54 Å². The number of piperidine rings is 1. The van der Waals surface area contributed by atoms with Crippen molar-refractivity contribution >= 4 is 0 Å². The Morgan fingerprint density at radius 2 is 2.33 bits per heavy atom. The van der Waals surface area contributed by atoms with Gasteiger partial charge in [0.1, 0.15) is 0 Å². The van der Waals surface area contributed by atoms with Crippen LogP contribution in [0.15, 0.2) is 18.7 Å². The standard InChI is InChI=1S/C12H21N3/c1-14-8-3-2-5-12(14)6-4-9-15-10-7-13-11-15/h7,10-12H,2-6,8-9H2,1H3. The minimum atomic E-state index is 0.822. The summed E-state index contributed by atoms with van der Waals surface area (Å²) in [7, 11) is 2.26. The van der Waals surface area contributed by atoms with E-state index < -0.39 is 0 Å². The number of hydrogen-bond donors (Lipinski definition) is 0. The Bertz CT molecular complexity index is 268. The van der Waals surface area contributed by atoms with Gasteiger partial charge in [-0.05, 0) is 39.3 Å². The lowest BCUT2D eigenvalue weighted by atomic mass is 9.99. The molecule has 1 unspecified atom stereocenters. The molecule has 0 aliphatic carbocycles. The summed E-state index contributed by atoms with van der Waals surface area (Å²) in [6, 6.07) is 0.822. The maximum atomic E-state index is 4.06. The van der Waals surface area contributed by atoms with E-state index in [0.717, 1.165) is 12.6 Å². The highest BCUT2D eigenvalue weighted by molar-refractivity contribution is 4.76. The van der Waals surface area contributed by atoms with Gasteiger partial charge in [0.15, 0.2) is 0 Å². The lowest BCUT2D eigenvalue weighted by Gasteiger charge is -2.32. The maximum Gasteiger partial charge on any atom is 0.0945 e. The van der Waals surface area contributed by atoms with Gasteiger partial charge in [-0.3, -0.25) is 0 Å². The Morgan fingerprint density at radius 1 is 1.40 bits per heavy atom. The van der Waals surface area contributed by atoms with E-state index in [-0.39, 0.29) is 0 Å². The molecule has 1 aromatic heterocycles. The smallest absolute Gasteiger partial charge is 0.0945 e. The molecule has 1 atom stereocenters. The van der Waals surface area contributed by atoms with Crippen LogP contribution < -0.4 is 0 Å². The molecule has 15 heavy (non-hydrogen) atoms. The highest BCUT2D eigenvalue weighted by Gasteiger charge is 2.17. The molecule has 0 radical (unpaired) electrons.